The Morgan fingerprint density at radius 1 is 1.06 bits per heavy atom. The number of hydrogen-bond donors (Lipinski definition) is 3. The number of rotatable bonds is 7. The molecule has 156 valence electrons. The van der Waals surface area contributed by atoms with Crippen molar-refractivity contribution >= 4 is 17.4 Å². The Kier molecular flexibility index (Phi) is 5.09. The molecule has 0 spiro atoms. The maximum absolute atomic E-state index is 12.3. The van der Waals surface area contributed by atoms with Crippen molar-refractivity contribution in [2.45, 2.75) is 18.9 Å². The number of benzene rings is 2. The number of imidazole rings is 1. The molecule has 1 aliphatic carbocycles. The highest BCUT2D eigenvalue weighted by molar-refractivity contribution is 5.95. The van der Waals surface area contributed by atoms with Crippen LogP contribution in [0.1, 0.15) is 23.2 Å². The van der Waals surface area contributed by atoms with E-state index in [9.17, 15) is 4.79 Å². The first-order valence-corrected chi connectivity index (χ1v) is 10.5. The molecule has 2 aromatic heterocycles. The highest BCUT2D eigenvalue weighted by Gasteiger charge is 2.23. The summed E-state index contributed by atoms with van der Waals surface area (Å²) in [7, 11) is 0. The summed E-state index contributed by atoms with van der Waals surface area (Å²) in [5.41, 5.74) is 10.9. The fraction of sp³-hybridized carbons (Fsp3) is 0.208. The number of hydrogen-bond acceptors (Lipinski definition) is 5. The van der Waals surface area contributed by atoms with Gasteiger partial charge in [-0.3, -0.25) is 9.20 Å². The molecule has 1 aliphatic rings. The summed E-state index contributed by atoms with van der Waals surface area (Å²) in [4.78, 5) is 21.7. The molecule has 0 atom stereocenters. The number of amides is 1. The molecule has 31 heavy (non-hydrogen) atoms. The van der Waals surface area contributed by atoms with Gasteiger partial charge < -0.3 is 16.4 Å². The number of fused-ring (bicyclic) bond motifs is 1. The second kappa shape index (κ2) is 8.20. The number of nitrogens with zero attached hydrogens (tertiary/aromatic N) is 3. The van der Waals surface area contributed by atoms with E-state index < -0.39 is 0 Å². The van der Waals surface area contributed by atoms with E-state index >= 15 is 0 Å². The van der Waals surface area contributed by atoms with Crippen LogP contribution in [0.3, 0.4) is 0 Å². The minimum atomic E-state index is -0.0176. The largest absolute Gasteiger partial charge is 0.366 e. The first kappa shape index (κ1) is 19.3. The molecule has 1 saturated carbocycles. The highest BCUT2D eigenvalue weighted by Crippen LogP contribution is 2.28. The number of aromatic nitrogens is 3. The normalized spacial score (nSPS) is 13.3. The maximum Gasteiger partial charge on any atom is 0.251 e. The van der Waals surface area contributed by atoms with Crippen LogP contribution in [0.5, 0.6) is 0 Å². The van der Waals surface area contributed by atoms with Gasteiger partial charge in [-0.15, -0.1) is 0 Å². The van der Waals surface area contributed by atoms with E-state index in [2.05, 4.69) is 15.6 Å². The van der Waals surface area contributed by atoms with Crippen LogP contribution in [0.4, 0.5) is 5.82 Å². The lowest BCUT2D eigenvalue weighted by Crippen LogP contribution is -2.25. The standard InChI is InChI=1S/C24H24N6O/c25-12-13-26-22-23-27-14-21(30(23)15-20(29-22)16-4-2-1-3-5-16)17-6-8-18(9-7-17)24(31)28-19-10-11-19/h1-9,14-15,19H,10-13,25H2,(H,26,29)(H,28,31). The second-order valence-electron chi connectivity index (χ2n) is 7.72. The minimum Gasteiger partial charge on any atom is -0.366 e. The van der Waals surface area contributed by atoms with Crippen molar-refractivity contribution in [3.05, 3.63) is 72.6 Å². The quantitative estimate of drug-likeness (QED) is 0.433. The summed E-state index contributed by atoms with van der Waals surface area (Å²) in [6.07, 6.45) is 5.97. The van der Waals surface area contributed by atoms with Gasteiger partial charge in [-0.25, -0.2) is 9.97 Å². The van der Waals surface area contributed by atoms with Crippen molar-refractivity contribution < 1.29 is 4.79 Å². The number of carbonyl (C=O) groups excluding carboxylic acids is 1. The van der Waals surface area contributed by atoms with Gasteiger partial charge in [0.25, 0.3) is 5.91 Å². The molecule has 0 unspecified atom stereocenters. The van der Waals surface area contributed by atoms with Crippen molar-refractivity contribution in [2.75, 3.05) is 18.4 Å². The Balaban J connectivity index is 1.54. The topological polar surface area (TPSA) is 97.3 Å². The van der Waals surface area contributed by atoms with Gasteiger partial charge >= 0.3 is 0 Å². The lowest BCUT2D eigenvalue weighted by atomic mass is 10.1. The minimum absolute atomic E-state index is 0.0176. The van der Waals surface area contributed by atoms with Crippen LogP contribution >= 0.6 is 0 Å². The van der Waals surface area contributed by atoms with Gasteiger partial charge in [0.05, 0.1) is 17.6 Å². The SMILES string of the molecule is NCCNc1nc(-c2ccccc2)cn2c(-c3ccc(C(=O)NC4CC4)cc3)cnc12. The zero-order chi connectivity index (χ0) is 21.2. The van der Waals surface area contributed by atoms with Gasteiger partial charge in [0.1, 0.15) is 0 Å². The average molecular weight is 412 g/mol. The van der Waals surface area contributed by atoms with Crippen LogP contribution in [-0.2, 0) is 0 Å². The van der Waals surface area contributed by atoms with Gasteiger partial charge in [0.2, 0.25) is 0 Å². The number of anilines is 1. The van der Waals surface area contributed by atoms with Gasteiger partial charge in [-0.2, -0.15) is 0 Å². The summed E-state index contributed by atoms with van der Waals surface area (Å²) >= 11 is 0. The zero-order valence-corrected chi connectivity index (χ0v) is 17.1. The molecule has 4 N–H and O–H groups in total. The van der Waals surface area contributed by atoms with E-state index in [1.807, 2.05) is 71.4 Å². The van der Waals surface area contributed by atoms with Gasteiger partial charge in [0.15, 0.2) is 11.5 Å². The first-order valence-electron chi connectivity index (χ1n) is 10.5. The van der Waals surface area contributed by atoms with Crippen LogP contribution in [0.15, 0.2) is 67.0 Å². The molecular formula is C24H24N6O. The summed E-state index contributed by atoms with van der Waals surface area (Å²) in [6.45, 7) is 1.11. The van der Waals surface area contributed by atoms with Crippen molar-refractivity contribution in [1.29, 1.82) is 0 Å². The summed E-state index contributed by atoms with van der Waals surface area (Å²) in [5.74, 6) is 0.675. The average Bonchev–Trinajstić information content (AvgIpc) is 3.53. The van der Waals surface area contributed by atoms with Gasteiger partial charge in [-0.05, 0) is 25.0 Å². The van der Waals surface area contributed by atoms with Crippen molar-refractivity contribution in [3.63, 3.8) is 0 Å². The van der Waals surface area contributed by atoms with Crippen LogP contribution in [0.25, 0.3) is 28.2 Å². The van der Waals surface area contributed by atoms with Crippen molar-refractivity contribution in [1.82, 2.24) is 19.7 Å². The smallest absolute Gasteiger partial charge is 0.251 e. The lowest BCUT2D eigenvalue weighted by molar-refractivity contribution is 0.0951. The molecule has 2 aromatic carbocycles. The monoisotopic (exact) mass is 412 g/mol. The predicted molar refractivity (Wildman–Crippen MR) is 122 cm³/mol. The van der Waals surface area contributed by atoms with E-state index in [-0.39, 0.29) is 5.91 Å². The molecule has 1 amide bonds. The lowest BCUT2D eigenvalue weighted by Gasteiger charge is -2.11. The Hall–Kier alpha value is -3.71. The molecular weight excluding hydrogens is 388 g/mol. The molecule has 7 nitrogen and oxygen atoms in total. The Labute approximate surface area is 180 Å². The van der Waals surface area contributed by atoms with Crippen molar-refractivity contribution in [3.8, 4) is 22.5 Å². The van der Waals surface area contributed by atoms with E-state index in [0.717, 1.165) is 41.0 Å². The van der Waals surface area contributed by atoms with E-state index in [4.69, 9.17) is 10.7 Å². The number of nitrogens with two attached hydrogens (primary N) is 1. The third-order valence-corrected chi connectivity index (χ3v) is 5.35. The van der Waals surface area contributed by atoms with Crippen LogP contribution in [-0.4, -0.2) is 39.4 Å². The van der Waals surface area contributed by atoms with Gasteiger partial charge in [-0.1, -0.05) is 42.5 Å². The van der Waals surface area contributed by atoms with E-state index in [1.54, 1.807) is 0 Å². The number of carbonyl (C=O) groups is 1. The molecule has 0 radical (unpaired) electrons. The molecule has 0 bridgehead atoms. The third kappa shape index (κ3) is 4.00. The summed E-state index contributed by atoms with van der Waals surface area (Å²) in [5, 5.41) is 6.31. The summed E-state index contributed by atoms with van der Waals surface area (Å²) in [6, 6.07) is 18.0. The predicted octanol–water partition coefficient (Wildman–Crippen LogP) is 3.33. The van der Waals surface area contributed by atoms with E-state index in [1.165, 1.54) is 0 Å². The molecule has 4 aromatic rings. The van der Waals surface area contributed by atoms with Crippen molar-refractivity contribution in [2.24, 2.45) is 5.73 Å². The zero-order valence-electron chi connectivity index (χ0n) is 17.1. The van der Waals surface area contributed by atoms with E-state index in [0.29, 0.717) is 30.5 Å². The number of nitrogens with one attached hydrogen (secondary N) is 2. The fourth-order valence-corrected chi connectivity index (χ4v) is 3.55. The first-order chi connectivity index (χ1) is 15.2. The third-order valence-electron chi connectivity index (χ3n) is 5.35. The second-order valence-corrected chi connectivity index (χ2v) is 7.72. The molecule has 1 fully saturated rings. The Bertz CT molecular complexity index is 1210. The Morgan fingerprint density at radius 2 is 1.84 bits per heavy atom. The van der Waals surface area contributed by atoms with Crippen LogP contribution in [0.2, 0.25) is 0 Å². The Morgan fingerprint density at radius 3 is 2.55 bits per heavy atom. The molecule has 2 heterocycles. The van der Waals surface area contributed by atoms with Gasteiger partial charge in [0, 0.05) is 42.0 Å². The summed E-state index contributed by atoms with van der Waals surface area (Å²) < 4.78 is 2.04. The highest BCUT2D eigenvalue weighted by atomic mass is 16.1. The molecule has 0 saturated heterocycles. The molecule has 5 rings (SSSR count). The molecule has 0 aliphatic heterocycles. The van der Waals surface area contributed by atoms with Crippen LogP contribution < -0.4 is 16.4 Å². The van der Waals surface area contributed by atoms with Crippen LogP contribution in [0, 0.1) is 0 Å². The molecule has 7 heteroatoms. The fourth-order valence-electron chi connectivity index (χ4n) is 3.55. The maximum atomic E-state index is 12.3.